The molecule has 4 rings (SSSR count). The van der Waals surface area contributed by atoms with E-state index >= 15 is 0 Å². The van der Waals surface area contributed by atoms with Crippen LogP contribution >= 0.6 is 11.6 Å². The fraction of sp³-hybridized carbons (Fsp3) is 0.316. The van der Waals surface area contributed by atoms with Gasteiger partial charge in [0.15, 0.2) is 0 Å². The van der Waals surface area contributed by atoms with Crippen LogP contribution in [0, 0.1) is 6.92 Å². The Bertz CT molecular complexity index is 944. The molecule has 0 aliphatic heterocycles. The first-order valence-corrected chi connectivity index (χ1v) is 8.93. The number of carbonyl (C=O) groups is 1. The molecule has 0 unspecified atom stereocenters. The average molecular weight is 355 g/mol. The van der Waals surface area contributed by atoms with Gasteiger partial charge in [-0.05, 0) is 55.7 Å². The van der Waals surface area contributed by atoms with Gasteiger partial charge in [0.1, 0.15) is 5.52 Å². The standard InChI is InChI=1S/C19H19ClN4O/c1-12-15(20)7-4-8-16(12)21-19(25)13-9-10-18-17(11-13)22-23-24(18)14-5-2-3-6-14/h4,7-11,14H,2-3,5-6H2,1H3,(H,21,25). The molecule has 1 fully saturated rings. The Morgan fingerprint density at radius 1 is 1.24 bits per heavy atom. The van der Waals surface area contributed by atoms with E-state index in [0.717, 1.165) is 29.4 Å². The Labute approximate surface area is 151 Å². The van der Waals surface area contributed by atoms with Gasteiger partial charge in [-0.3, -0.25) is 4.79 Å². The first-order valence-electron chi connectivity index (χ1n) is 8.55. The molecule has 1 saturated carbocycles. The number of fused-ring (bicyclic) bond motifs is 1. The molecule has 1 aromatic heterocycles. The van der Waals surface area contributed by atoms with Gasteiger partial charge in [0.2, 0.25) is 0 Å². The summed E-state index contributed by atoms with van der Waals surface area (Å²) in [6.07, 6.45) is 4.78. The summed E-state index contributed by atoms with van der Waals surface area (Å²) < 4.78 is 2.01. The zero-order valence-electron chi connectivity index (χ0n) is 14.0. The molecule has 0 saturated heterocycles. The largest absolute Gasteiger partial charge is 0.322 e. The van der Waals surface area contributed by atoms with Crippen molar-refractivity contribution in [3.63, 3.8) is 0 Å². The van der Waals surface area contributed by atoms with Crippen LogP contribution in [0.2, 0.25) is 5.02 Å². The molecule has 25 heavy (non-hydrogen) atoms. The molecule has 1 aliphatic rings. The molecular formula is C19H19ClN4O. The third-order valence-corrected chi connectivity index (χ3v) is 5.33. The SMILES string of the molecule is Cc1c(Cl)cccc1NC(=O)c1ccc2c(c1)nnn2C1CCCC1. The van der Waals surface area contributed by atoms with E-state index in [0.29, 0.717) is 22.3 Å². The monoisotopic (exact) mass is 354 g/mol. The molecule has 6 heteroatoms. The van der Waals surface area contributed by atoms with Crippen LogP contribution in [0.15, 0.2) is 36.4 Å². The fourth-order valence-corrected chi connectivity index (χ4v) is 3.61. The molecule has 1 aliphatic carbocycles. The number of hydrogen-bond acceptors (Lipinski definition) is 3. The van der Waals surface area contributed by atoms with Gasteiger partial charge in [0.25, 0.3) is 5.91 Å². The Balaban J connectivity index is 1.61. The summed E-state index contributed by atoms with van der Waals surface area (Å²) in [6, 6.07) is 11.5. The van der Waals surface area contributed by atoms with Gasteiger partial charge in [-0.25, -0.2) is 4.68 Å². The lowest BCUT2D eigenvalue weighted by Crippen LogP contribution is -2.13. The van der Waals surface area contributed by atoms with Crippen LogP contribution in [-0.4, -0.2) is 20.9 Å². The molecule has 0 spiro atoms. The number of anilines is 1. The highest BCUT2D eigenvalue weighted by molar-refractivity contribution is 6.31. The van der Waals surface area contributed by atoms with Gasteiger partial charge in [-0.15, -0.1) is 5.10 Å². The maximum atomic E-state index is 12.6. The predicted octanol–water partition coefficient (Wildman–Crippen LogP) is 4.76. The van der Waals surface area contributed by atoms with E-state index in [9.17, 15) is 4.79 Å². The minimum absolute atomic E-state index is 0.178. The van der Waals surface area contributed by atoms with Crippen LogP contribution in [0.3, 0.4) is 0 Å². The van der Waals surface area contributed by atoms with Gasteiger partial charge in [-0.1, -0.05) is 35.7 Å². The maximum Gasteiger partial charge on any atom is 0.255 e. The molecule has 2 aromatic carbocycles. The lowest BCUT2D eigenvalue weighted by atomic mass is 10.1. The quantitative estimate of drug-likeness (QED) is 0.737. The van der Waals surface area contributed by atoms with Crippen molar-refractivity contribution >= 4 is 34.2 Å². The number of halogens is 1. The second kappa shape index (κ2) is 6.48. The Hall–Kier alpha value is -2.40. The van der Waals surface area contributed by atoms with Crippen molar-refractivity contribution in [2.45, 2.75) is 38.6 Å². The number of carbonyl (C=O) groups excluding carboxylic acids is 1. The molecule has 1 amide bonds. The van der Waals surface area contributed by atoms with Gasteiger partial charge in [0.05, 0.1) is 11.6 Å². The summed E-state index contributed by atoms with van der Waals surface area (Å²) in [5.74, 6) is -0.178. The predicted molar refractivity (Wildman–Crippen MR) is 99.2 cm³/mol. The molecule has 128 valence electrons. The van der Waals surface area contributed by atoms with E-state index in [2.05, 4.69) is 15.6 Å². The maximum absolute atomic E-state index is 12.6. The van der Waals surface area contributed by atoms with Crippen LogP contribution in [0.4, 0.5) is 5.69 Å². The number of nitrogens with zero attached hydrogens (tertiary/aromatic N) is 3. The van der Waals surface area contributed by atoms with E-state index in [1.807, 2.05) is 35.9 Å². The molecule has 1 N–H and O–H groups in total. The summed E-state index contributed by atoms with van der Waals surface area (Å²) in [7, 11) is 0. The van der Waals surface area contributed by atoms with E-state index in [1.54, 1.807) is 12.1 Å². The average Bonchev–Trinajstić information content (AvgIpc) is 3.27. The van der Waals surface area contributed by atoms with Crippen molar-refractivity contribution < 1.29 is 4.79 Å². The molecule has 0 radical (unpaired) electrons. The summed E-state index contributed by atoms with van der Waals surface area (Å²) in [5.41, 5.74) is 3.87. The summed E-state index contributed by atoms with van der Waals surface area (Å²) in [5, 5.41) is 12.1. The van der Waals surface area contributed by atoms with E-state index in [4.69, 9.17) is 11.6 Å². The zero-order chi connectivity index (χ0) is 17.4. The van der Waals surface area contributed by atoms with Gasteiger partial charge in [-0.2, -0.15) is 0 Å². The number of rotatable bonds is 3. The van der Waals surface area contributed by atoms with E-state index in [-0.39, 0.29) is 5.91 Å². The van der Waals surface area contributed by atoms with Crippen molar-refractivity contribution in [2.24, 2.45) is 0 Å². The Morgan fingerprint density at radius 3 is 2.84 bits per heavy atom. The van der Waals surface area contributed by atoms with E-state index < -0.39 is 0 Å². The van der Waals surface area contributed by atoms with Crippen molar-refractivity contribution in [3.05, 3.63) is 52.5 Å². The second-order valence-corrected chi connectivity index (χ2v) is 6.95. The van der Waals surface area contributed by atoms with Gasteiger partial charge in [0, 0.05) is 16.3 Å². The summed E-state index contributed by atoms with van der Waals surface area (Å²) in [6.45, 7) is 1.88. The molecule has 3 aromatic rings. The van der Waals surface area contributed by atoms with Crippen molar-refractivity contribution in [1.82, 2.24) is 15.0 Å². The van der Waals surface area contributed by atoms with Crippen LogP contribution in [0.1, 0.15) is 47.6 Å². The van der Waals surface area contributed by atoms with Crippen molar-refractivity contribution in [2.75, 3.05) is 5.32 Å². The van der Waals surface area contributed by atoms with E-state index in [1.165, 1.54) is 12.8 Å². The highest BCUT2D eigenvalue weighted by atomic mass is 35.5. The highest BCUT2D eigenvalue weighted by Crippen LogP contribution is 2.31. The van der Waals surface area contributed by atoms with Crippen LogP contribution < -0.4 is 5.32 Å². The number of hydrogen-bond donors (Lipinski definition) is 1. The number of amides is 1. The first-order chi connectivity index (χ1) is 12.1. The Kier molecular flexibility index (Phi) is 4.17. The molecular weight excluding hydrogens is 336 g/mol. The van der Waals surface area contributed by atoms with Crippen molar-refractivity contribution in [1.29, 1.82) is 0 Å². The Morgan fingerprint density at radius 2 is 2.04 bits per heavy atom. The smallest absolute Gasteiger partial charge is 0.255 e. The second-order valence-electron chi connectivity index (χ2n) is 6.54. The highest BCUT2D eigenvalue weighted by Gasteiger charge is 2.20. The summed E-state index contributed by atoms with van der Waals surface area (Å²) >= 11 is 6.11. The van der Waals surface area contributed by atoms with Crippen LogP contribution in [0.25, 0.3) is 11.0 Å². The minimum Gasteiger partial charge on any atom is -0.322 e. The first kappa shape index (κ1) is 16.1. The van der Waals surface area contributed by atoms with Crippen molar-refractivity contribution in [3.8, 4) is 0 Å². The molecule has 0 atom stereocenters. The van der Waals surface area contributed by atoms with Gasteiger partial charge < -0.3 is 5.32 Å². The lowest BCUT2D eigenvalue weighted by molar-refractivity contribution is 0.102. The third kappa shape index (κ3) is 3.00. The number of nitrogens with one attached hydrogen (secondary N) is 1. The number of benzene rings is 2. The molecule has 0 bridgehead atoms. The lowest BCUT2D eigenvalue weighted by Gasteiger charge is -2.11. The summed E-state index contributed by atoms with van der Waals surface area (Å²) in [4.78, 5) is 12.6. The fourth-order valence-electron chi connectivity index (χ4n) is 3.44. The van der Waals surface area contributed by atoms with Gasteiger partial charge >= 0.3 is 0 Å². The molecule has 5 nitrogen and oxygen atoms in total. The zero-order valence-corrected chi connectivity index (χ0v) is 14.8. The van der Waals surface area contributed by atoms with Crippen LogP contribution in [0.5, 0.6) is 0 Å². The number of aromatic nitrogens is 3. The van der Waals surface area contributed by atoms with Crippen LogP contribution in [-0.2, 0) is 0 Å². The third-order valence-electron chi connectivity index (χ3n) is 4.92. The minimum atomic E-state index is -0.178. The topological polar surface area (TPSA) is 59.8 Å². The normalized spacial score (nSPS) is 15.0. The molecule has 1 heterocycles.